The van der Waals surface area contributed by atoms with E-state index >= 15 is 0 Å². The van der Waals surface area contributed by atoms with E-state index in [0.29, 0.717) is 36.0 Å². The predicted molar refractivity (Wildman–Crippen MR) is 74.8 cm³/mol. The van der Waals surface area contributed by atoms with Crippen LogP contribution in [0.1, 0.15) is 22.0 Å². The summed E-state index contributed by atoms with van der Waals surface area (Å²) >= 11 is 0. The van der Waals surface area contributed by atoms with Crippen molar-refractivity contribution in [2.75, 3.05) is 6.54 Å². The SMILES string of the molecule is Cc1oncc1C(=O)NCCc1nc(-c2cccnc2)no1. The molecule has 0 aliphatic rings. The quantitative estimate of drug-likeness (QED) is 0.758. The Labute approximate surface area is 125 Å². The van der Waals surface area contributed by atoms with Gasteiger partial charge < -0.3 is 14.4 Å². The molecule has 3 aromatic heterocycles. The highest BCUT2D eigenvalue weighted by molar-refractivity contribution is 5.94. The van der Waals surface area contributed by atoms with Gasteiger partial charge in [0.1, 0.15) is 11.3 Å². The van der Waals surface area contributed by atoms with Gasteiger partial charge in [-0.2, -0.15) is 4.98 Å². The molecule has 0 fully saturated rings. The summed E-state index contributed by atoms with van der Waals surface area (Å²) in [5.41, 5.74) is 1.20. The van der Waals surface area contributed by atoms with E-state index in [1.54, 1.807) is 25.4 Å². The molecule has 1 amide bonds. The van der Waals surface area contributed by atoms with Gasteiger partial charge in [0.05, 0.1) is 6.20 Å². The smallest absolute Gasteiger partial charge is 0.256 e. The number of nitrogens with zero attached hydrogens (tertiary/aromatic N) is 4. The lowest BCUT2D eigenvalue weighted by atomic mass is 10.2. The molecular formula is C14H13N5O3. The first kappa shape index (κ1) is 13.9. The molecule has 0 aromatic carbocycles. The van der Waals surface area contributed by atoms with E-state index in [4.69, 9.17) is 9.05 Å². The number of hydrogen-bond donors (Lipinski definition) is 1. The molecule has 0 spiro atoms. The van der Waals surface area contributed by atoms with Crippen molar-refractivity contribution in [2.24, 2.45) is 0 Å². The van der Waals surface area contributed by atoms with Gasteiger partial charge in [-0.3, -0.25) is 9.78 Å². The van der Waals surface area contributed by atoms with Crippen LogP contribution in [0.15, 0.2) is 39.8 Å². The number of aromatic nitrogens is 4. The van der Waals surface area contributed by atoms with Gasteiger partial charge in [-0.1, -0.05) is 10.3 Å². The van der Waals surface area contributed by atoms with Gasteiger partial charge in [-0.25, -0.2) is 0 Å². The largest absolute Gasteiger partial charge is 0.361 e. The Balaban J connectivity index is 1.56. The van der Waals surface area contributed by atoms with E-state index in [9.17, 15) is 4.79 Å². The molecule has 0 aliphatic heterocycles. The topological polar surface area (TPSA) is 107 Å². The number of nitrogens with one attached hydrogen (secondary N) is 1. The molecule has 3 rings (SSSR count). The summed E-state index contributed by atoms with van der Waals surface area (Å²) in [6, 6.07) is 3.64. The first-order valence-corrected chi connectivity index (χ1v) is 6.66. The zero-order valence-corrected chi connectivity index (χ0v) is 11.8. The highest BCUT2D eigenvalue weighted by Crippen LogP contribution is 2.13. The highest BCUT2D eigenvalue weighted by atomic mass is 16.5. The predicted octanol–water partition coefficient (Wildman–Crippen LogP) is 1.40. The van der Waals surface area contributed by atoms with Crippen molar-refractivity contribution in [3.8, 4) is 11.4 Å². The standard InChI is InChI=1S/C14H13N5O3/c1-9-11(8-17-21-9)14(20)16-6-4-12-18-13(19-22-12)10-3-2-5-15-7-10/h2-3,5,7-8H,4,6H2,1H3,(H,16,20). The second-order valence-corrected chi connectivity index (χ2v) is 4.55. The molecule has 1 N–H and O–H groups in total. The number of aryl methyl sites for hydroxylation is 1. The Morgan fingerprint density at radius 3 is 2.95 bits per heavy atom. The maximum atomic E-state index is 11.9. The van der Waals surface area contributed by atoms with E-state index < -0.39 is 0 Å². The number of carbonyl (C=O) groups excluding carboxylic acids is 1. The van der Waals surface area contributed by atoms with Crippen LogP contribution in [0, 0.1) is 6.92 Å². The van der Waals surface area contributed by atoms with Crippen molar-refractivity contribution in [2.45, 2.75) is 13.3 Å². The Morgan fingerprint density at radius 2 is 2.23 bits per heavy atom. The van der Waals surface area contributed by atoms with Crippen LogP contribution in [-0.2, 0) is 6.42 Å². The second-order valence-electron chi connectivity index (χ2n) is 4.55. The van der Waals surface area contributed by atoms with Crippen LogP contribution >= 0.6 is 0 Å². The summed E-state index contributed by atoms with van der Waals surface area (Å²) in [5.74, 6) is 1.16. The molecule has 0 atom stereocenters. The van der Waals surface area contributed by atoms with E-state index in [0.717, 1.165) is 5.56 Å². The lowest BCUT2D eigenvalue weighted by Crippen LogP contribution is -2.25. The summed E-state index contributed by atoms with van der Waals surface area (Å²) < 4.78 is 9.99. The van der Waals surface area contributed by atoms with E-state index in [1.807, 2.05) is 6.07 Å². The molecule has 0 saturated heterocycles. The maximum Gasteiger partial charge on any atom is 0.256 e. The minimum Gasteiger partial charge on any atom is -0.361 e. The molecule has 0 radical (unpaired) electrons. The first-order valence-electron chi connectivity index (χ1n) is 6.66. The van der Waals surface area contributed by atoms with Crippen LogP contribution in [0.5, 0.6) is 0 Å². The normalized spacial score (nSPS) is 10.6. The Bertz CT molecular complexity index is 766. The van der Waals surface area contributed by atoms with Crippen LogP contribution in [0.2, 0.25) is 0 Å². The summed E-state index contributed by atoms with van der Waals surface area (Å²) in [6.07, 6.45) is 5.15. The molecular weight excluding hydrogens is 286 g/mol. The zero-order valence-electron chi connectivity index (χ0n) is 11.8. The van der Waals surface area contributed by atoms with Crippen molar-refractivity contribution in [1.29, 1.82) is 0 Å². The second kappa shape index (κ2) is 6.17. The summed E-state index contributed by atoms with van der Waals surface area (Å²) in [7, 11) is 0. The molecule has 3 heterocycles. The van der Waals surface area contributed by atoms with Gasteiger partial charge in [-0.05, 0) is 19.1 Å². The van der Waals surface area contributed by atoms with E-state index in [-0.39, 0.29) is 5.91 Å². The molecule has 0 aliphatic carbocycles. The van der Waals surface area contributed by atoms with E-state index in [1.165, 1.54) is 6.20 Å². The van der Waals surface area contributed by atoms with Crippen molar-refractivity contribution >= 4 is 5.91 Å². The molecule has 0 unspecified atom stereocenters. The van der Waals surface area contributed by atoms with Crippen molar-refractivity contribution < 1.29 is 13.8 Å². The summed E-state index contributed by atoms with van der Waals surface area (Å²) in [6.45, 7) is 2.05. The third-order valence-electron chi connectivity index (χ3n) is 3.01. The van der Waals surface area contributed by atoms with Crippen molar-refractivity contribution in [3.63, 3.8) is 0 Å². The Morgan fingerprint density at radius 1 is 1.32 bits per heavy atom. The number of rotatable bonds is 5. The molecule has 22 heavy (non-hydrogen) atoms. The lowest BCUT2D eigenvalue weighted by molar-refractivity contribution is 0.0952. The number of carbonyl (C=O) groups is 1. The van der Waals surface area contributed by atoms with E-state index in [2.05, 4.69) is 25.6 Å². The molecule has 8 nitrogen and oxygen atoms in total. The zero-order chi connectivity index (χ0) is 15.4. The monoisotopic (exact) mass is 299 g/mol. The van der Waals surface area contributed by atoms with Crippen LogP contribution in [-0.4, -0.2) is 32.7 Å². The minimum absolute atomic E-state index is 0.245. The van der Waals surface area contributed by atoms with Gasteiger partial charge in [0.25, 0.3) is 5.91 Å². The number of pyridine rings is 1. The van der Waals surface area contributed by atoms with Gasteiger partial charge >= 0.3 is 0 Å². The summed E-state index contributed by atoms with van der Waals surface area (Å²) in [4.78, 5) is 20.1. The van der Waals surface area contributed by atoms with Gasteiger partial charge in [0, 0.05) is 30.9 Å². The lowest BCUT2D eigenvalue weighted by Gasteiger charge is -2.00. The molecule has 3 aromatic rings. The fourth-order valence-electron chi connectivity index (χ4n) is 1.86. The van der Waals surface area contributed by atoms with Crippen LogP contribution < -0.4 is 5.32 Å². The van der Waals surface area contributed by atoms with Crippen LogP contribution in [0.25, 0.3) is 11.4 Å². The van der Waals surface area contributed by atoms with Crippen LogP contribution in [0.4, 0.5) is 0 Å². The van der Waals surface area contributed by atoms with Crippen LogP contribution in [0.3, 0.4) is 0 Å². The van der Waals surface area contributed by atoms with Gasteiger partial charge in [-0.15, -0.1) is 0 Å². The van der Waals surface area contributed by atoms with Crippen molar-refractivity contribution in [3.05, 3.63) is 47.9 Å². The Hall–Kier alpha value is -3.03. The Kier molecular flexibility index (Phi) is 3.90. The van der Waals surface area contributed by atoms with Gasteiger partial charge in [0.15, 0.2) is 0 Å². The molecule has 8 heteroatoms. The average molecular weight is 299 g/mol. The van der Waals surface area contributed by atoms with Crippen molar-refractivity contribution in [1.82, 2.24) is 25.6 Å². The summed E-state index contributed by atoms with van der Waals surface area (Å²) in [5, 5.41) is 10.2. The third-order valence-corrected chi connectivity index (χ3v) is 3.01. The third kappa shape index (κ3) is 3.00. The number of amides is 1. The fourth-order valence-corrected chi connectivity index (χ4v) is 1.86. The fraction of sp³-hybridized carbons (Fsp3) is 0.214. The highest BCUT2D eigenvalue weighted by Gasteiger charge is 2.13. The average Bonchev–Trinajstić information content (AvgIpc) is 3.17. The molecule has 0 saturated carbocycles. The number of hydrogen-bond acceptors (Lipinski definition) is 7. The maximum absolute atomic E-state index is 11.9. The molecule has 112 valence electrons. The minimum atomic E-state index is -0.245. The first-order chi connectivity index (χ1) is 10.7. The molecule has 0 bridgehead atoms. The van der Waals surface area contributed by atoms with Gasteiger partial charge in [0.2, 0.25) is 11.7 Å².